The third-order valence-corrected chi connectivity index (χ3v) is 4.55. The highest BCUT2D eigenvalue weighted by Gasteiger charge is 2.32. The zero-order valence-corrected chi connectivity index (χ0v) is 16.2. The van der Waals surface area contributed by atoms with Crippen LogP contribution in [0.5, 0.6) is 0 Å². The molecule has 0 aliphatic rings. The lowest BCUT2D eigenvalue weighted by Gasteiger charge is -2.18. The standard InChI is InChI=1S/C21H30F4O2/c1-3-5-7-8-10-12-17(11-9-6-4-2)27-20(26)18-15-16(21(23,24)25)13-14-19(18)22/h13-15,17H,3-12H2,1-2H3. The Morgan fingerprint density at radius 3 is 2.11 bits per heavy atom. The lowest BCUT2D eigenvalue weighted by molar-refractivity contribution is -0.137. The number of ether oxygens (including phenoxy) is 1. The Hall–Kier alpha value is -1.59. The summed E-state index contributed by atoms with van der Waals surface area (Å²) >= 11 is 0. The van der Waals surface area contributed by atoms with Crippen LogP contribution in [0, 0.1) is 5.82 Å². The highest BCUT2D eigenvalue weighted by atomic mass is 19.4. The van der Waals surface area contributed by atoms with Crippen LogP contribution in [0.3, 0.4) is 0 Å². The van der Waals surface area contributed by atoms with Crippen LogP contribution in [0.4, 0.5) is 17.6 Å². The van der Waals surface area contributed by atoms with Gasteiger partial charge >= 0.3 is 12.1 Å². The van der Waals surface area contributed by atoms with E-state index in [1.165, 1.54) is 0 Å². The third-order valence-electron chi connectivity index (χ3n) is 4.55. The summed E-state index contributed by atoms with van der Waals surface area (Å²) in [6.07, 6.45) is 4.43. The van der Waals surface area contributed by atoms with E-state index >= 15 is 0 Å². The van der Waals surface area contributed by atoms with Crippen molar-refractivity contribution in [3.63, 3.8) is 0 Å². The summed E-state index contributed by atoms with van der Waals surface area (Å²) < 4.78 is 57.8. The molecule has 0 N–H and O–H groups in total. The van der Waals surface area contributed by atoms with Crippen LogP contribution in [0.15, 0.2) is 18.2 Å². The Kier molecular flexibility index (Phi) is 10.4. The second kappa shape index (κ2) is 12.0. The maximum absolute atomic E-state index is 13.9. The number of alkyl halides is 3. The molecule has 1 unspecified atom stereocenters. The van der Waals surface area contributed by atoms with Gasteiger partial charge in [-0.25, -0.2) is 9.18 Å². The molecular formula is C21H30F4O2. The summed E-state index contributed by atoms with van der Waals surface area (Å²) in [6, 6.07) is 1.82. The van der Waals surface area contributed by atoms with Crippen LogP contribution < -0.4 is 0 Å². The quantitative estimate of drug-likeness (QED) is 0.212. The largest absolute Gasteiger partial charge is 0.459 e. The van der Waals surface area contributed by atoms with Crippen molar-refractivity contribution in [1.29, 1.82) is 0 Å². The van der Waals surface area contributed by atoms with Crippen LogP contribution in [0.2, 0.25) is 0 Å². The Balaban J connectivity index is 2.76. The van der Waals surface area contributed by atoms with Crippen molar-refractivity contribution in [1.82, 2.24) is 0 Å². The highest BCUT2D eigenvalue weighted by Crippen LogP contribution is 2.30. The van der Waals surface area contributed by atoms with Gasteiger partial charge in [0, 0.05) is 0 Å². The number of carbonyl (C=O) groups is 1. The minimum absolute atomic E-state index is 0.389. The van der Waals surface area contributed by atoms with E-state index in [4.69, 9.17) is 4.74 Å². The molecule has 1 atom stereocenters. The fourth-order valence-corrected chi connectivity index (χ4v) is 2.93. The van der Waals surface area contributed by atoms with E-state index in [1.807, 2.05) is 0 Å². The molecule has 0 spiro atoms. The molecule has 0 radical (unpaired) electrons. The summed E-state index contributed by atoms with van der Waals surface area (Å²) in [5.74, 6) is -2.02. The van der Waals surface area contributed by atoms with E-state index in [2.05, 4.69) is 13.8 Å². The van der Waals surface area contributed by atoms with Crippen molar-refractivity contribution in [2.45, 2.75) is 90.3 Å². The lowest BCUT2D eigenvalue weighted by Crippen LogP contribution is -2.20. The van der Waals surface area contributed by atoms with Crippen molar-refractivity contribution in [3.8, 4) is 0 Å². The second-order valence-corrected chi connectivity index (χ2v) is 6.92. The Bertz CT molecular complexity index is 570. The number of carbonyl (C=O) groups excluding carboxylic acids is 1. The fourth-order valence-electron chi connectivity index (χ4n) is 2.93. The topological polar surface area (TPSA) is 26.3 Å². The van der Waals surface area contributed by atoms with E-state index in [1.54, 1.807) is 0 Å². The lowest BCUT2D eigenvalue weighted by atomic mass is 10.0. The van der Waals surface area contributed by atoms with Gasteiger partial charge in [0.2, 0.25) is 0 Å². The van der Waals surface area contributed by atoms with Crippen LogP contribution in [-0.2, 0) is 10.9 Å². The second-order valence-electron chi connectivity index (χ2n) is 6.92. The zero-order chi connectivity index (χ0) is 20.3. The number of rotatable bonds is 12. The average molecular weight is 390 g/mol. The number of unbranched alkanes of at least 4 members (excludes halogenated alkanes) is 6. The van der Waals surface area contributed by atoms with Gasteiger partial charge in [-0.05, 0) is 43.9 Å². The highest BCUT2D eigenvalue weighted by molar-refractivity contribution is 5.90. The first-order valence-corrected chi connectivity index (χ1v) is 9.87. The van der Waals surface area contributed by atoms with Crippen LogP contribution >= 0.6 is 0 Å². The van der Waals surface area contributed by atoms with Gasteiger partial charge in [0.25, 0.3) is 0 Å². The molecule has 1 aromatic carbocycles. The SMILES string of the molecule is CCCCCCCC(CCCCC)OC(=O)c1cc(C(F)(F)F)ccc1F. The minimum Gasteiger partial charge on any atom is -0.459 e. The maximum atomic E-state index is 13.9. The van der Waals surface area contributed by atoms with Gasteiger partial charge in [-0.2, -0.15) is 13.2 Å². The first-order chi connectivity index (χ1) is 12.8. The third kappa shape index (κ3) is 8.76. The Morgan fingerprint density at radius 2 is 1.52 bits per heavy atom. The van der Waals surface area contributed by atoms with E-state index in [-0.39, 0.29) is 6.10 Å². The normalized spacial score (nSPS) is 12.8. The van der Waals surface area contributed by atoms with Gasteiger partial charge in [0.05, 0.1) is 11.1 Å². The van der Waals surface area contributed by atoms with Gasteiger partial charge in [-0.3, -0.25) is 0 Å². The van der Waals surface area contributed by atoms with Crippen molar-refractivity contribution >= 4 is 5.97 Å². The van der Waals surface area contributed by atoms with Gasteiger partial charge in [-0.15, -0.1) is 0 Å². The molecule has 0 fully saturated rings. The molecule has 0 saturated heterocycles. The van der Waals surface area contributed by atoms with Gasteiger partial charge in [-0.1, -0.05) is 52.4 Å². The molecule has 0 amide bonds. The molecule has 1 rings (SSSR count). The number of halogens is 4. The van der Waals surface area contributed by atoms with Gasteiger partial charge in [0.15, 0.2) is 0 Å². The molecule has 27 heavy (non-hydrogen) atoms. The predicted octanol–water partition coefficient (Wildman–Crippen LogP) is 7.31. The molecule has 1 aromatic rings. The van der Waals surface area contributed by atoms with E-state index in [0.717, 1.165) is 51.4 Å². The first-order valence-electron chi connectivity index (χ1n) is 9.87. The Morgan fingerprint density at radius 1 is 0.963 bits per heavy atom. The summed E-state index contributed by atoms with van der Waals surface area (Å²) in [4.78, 5) is 12.3. The summed E-state index contributed by atoms with van der Waals surface area (Å²) in [5, 5.41) is 0. The summed E-state index contributed by atoms with van der Waals surface area (Å²) in [5.41, 5.74) is -1.71. The van der Waals surface area contributed by atoms with Crippen LogP contribution in [0.25, 0.3) is 0 Å². The first kappa shape index (κ1) is 23.4. The molecule has 0 aliphatic heterocycles. The van der Waals surface area contributed by atoms with E-state index < -0.39 is 29.1 Å². The molecule has 2 nitrogen and oxygen atoms in total. The molecule has 6 heteroatoms. The predicted molar refractivity (Wildman–Crippen MR) is 98.1 cm³/mol. The van der Waals surface area contributed by atoms with Gasteiger partial charge in [0.1, 0.15) is 11.9 Å². The minimum atomic E-state index is -4.64. The average Bonchev–Trinajstić information content (AvgIpc) is 2.60. The molecule has 0 saturated carbocycles. The van der Waals surface area contributed by atoms with Crippen molar-refractivity contribution in [3.05, 3.63) is 35.1 Å². The number of benzene rings is 1. The number of hydrogen-bond acceptors (Lipinski definition) is 2. The molecule has 0 aromatic heterocycles. The van der Waals surface area contributed by atoms with Crippen molar-refractivity contribution in [2.24, 2.45) is 0 Å². The van der Waals surface area contributed by atoms with Crippen LogP contribution in [-0.4, -0.2) is 12.1 Å². The number of esters is 1. The molecule has 0 aliphatic carbocycles. The van der Waals surface area contributed by atoms with Crippen molar-refractivity contribution in [2.75, 3.05) is 0 Å². The van der Waals surface area contributed by atoms with Crippen LogP contribution in [0.1, 0.15) is 94.0 Å². The molecule has 0 heterocycles. The molecule has 154 valence electrons. The number of hydrogen-bond donors (Lipinski definition) is 0. The molecular weight excluding hydrogens is 360 g/mol. The van der Waals surface area contributed by atoms with Crippen molar-refractivity contribution < 1.29 is 27.1 Å². The zero-order valence-electron chi connectivity index (χ0n) is 16.2. The summed E-state index contributed by atoms with van der Waals surface area (Å²) in [6.45, 7) is 4.18. The van der Waals surface area contributed by atoms with Gasteiger partial charge < -0.3 is 4.74 Å². The van der Waals surface area contributed by atoms with E-state index in [9.17, 15) is 22.4 Å². The van der Waals surface area contributed by atoms with E-state index in [0.29, 0.717) is 31.0 Å². The molecule has 0 bridgehead atoms. The summed E-state index contributed by atoms with van der Waals surface area (Å²) in [7, 11) is 0. The Labute approximate surface area is 159 Å². The smallest absolute Gasteiger partial charge is 0.416 e. The monoisotopic (exact) mass is 390 g/mol. The fraction of sp³-hybridized carbons (Fsp3) is 0.667. The maximum Gasteiger partial charge on any atom is 0.416 e.